The summed E-state index contributed by atoms with van der Waals surface area (Å²) in [6.07, 6.45) is 18.9. The predicted octanol–water partition coefficient (Wildman–Crippen LogP) is 0.195. The molecule has 1 radical (unpaired) electrons. The van der Waals surface area contributed by atoms with Crippen molar-refractivity contribution >= 4 is 0 Å². The van der Waals surface area contributed by atoms with E-state index in [4.69, 9.17) is 4.74 Å². The van der Waals surface area contributed by atoms with Gasteiger partial charge in [-0.25, -0.2) is 11.6 Å². The van der Waals surface area contributed by atoms with Gasteiger partial charge in [-0.1, -0.05) is 66.2 Å². The summed E-state index contributed by atoms with van der Waals surface area (Å²) < 4.78 is 6.71. The molecule has 0 aromatic heterocycles. The van der Waals surface area contributed by atoms with Gasteiger partial charge >= 0.3 is 21.7 Å². The third kappa shape index (κ3) is 5.61. The molecular formula is C22H33Cl2OTi. The maximum absolute atomic E-state index is 6.71. The molecule has 26 heavy (non-hydrogen) atoms. The van der Waals surface area contributed by atoms with E-state index < -0.39 is 0 Å². The molecule has 0 aliphatic heterocycles. The Balaban J connectivity index is 0. The molecule has 4 heteroatoms. The summed E-state index contributed by atoms with van der Waals surface area (Å²) in [7, 11) is 0. The first-order valence-electron chi connectivity index (χ1n) is 9.05. The van der Waals surface area contributed by atoms with Gasteiger partial charge in [-0.05, 0) is 29.2 Å². The summed E-state index contributed by atoms with van der Waals surface area (Å²) >= 11 is 0. The monoisotopic (exact) mass is 431 g/mol. The summed E-state index contributed by atoms with van der Waals surface area (Å²) in [6.45, 7) is 14.6. The molecule has 0 aromatic carbocycles. The Morgan fingerprint density at radius 2 is 1.77 bits per heavy atom. The van der Waals surface area contributed by atoms with Crippen molar-refractivity contribution < 1.29 is 51.3 Å². The summed E-state index contributed by atoms with van der Waals surface area (Å²) in [5, 5.41) is 0. The zero-order chi connectivity index (χ0) is 17.1. The van der Waals surface area contributed by atoms with Crippen molar-refractivity contribution in [2.45, 2.75) is 72.8 Å². The second-order valence-corrected chi connectivity index (χ2v) is 8.31. The zero-order valence-electron chi connectivity index (χ0n) is 17.1. The average Bonchev–Trinajstić information content (AvgIpc) is 3.01. The van der Waals surface area contributed by atoms with Gasteiger partial charge in [0.25, 0.3) is 0 Å². The molecule has 0 aromatic rings. The first-order valence-corrected chi connectivity index (χ1v) is 9.05. The first-order chi connectivity index (χ1) is 10.8. The Labute approximate surface area is 188 Å². The minimum atomic E-state index is -0.286. The fourth-order valence-corrected chi connectivity index (χ4v) is 3.85. The van der Waals surface area contributed by atoms with E-state index >= 15 is 0 Å². The third-order valence-corrected chi connectivity index (χ3v) is 5.27. The molecule has 0 fully saturated rings. The number of rotatable bonds is 6. The number of allylic oxidation sites excluding steroid dienone is 5. The molecule has 2 rings (SSSR count). The van der Waals surface area contributed by atoms with Gasteiger partial charge in [0.05, 0.1) is 5.60 Å². The average molecular weight is 432 g/mol. The second kappa shape index (κ2) is 11.3. The summed E-state index contributed by atoms with van der Waals surface area (Å²) in [5.41, 5.74) is 2.39. The van der Waals surface area contributed by atoms with Crippen LogP contribution in [0.3, 0.4) is 0 Å². The van der Waals surface area contributed by atoms with Crippen LogP contribution in [0, 0.1) is 16.9 Å². The number of halogens is 2. The molecule has 0 amide bonds. The Bertz CT molecular complexity index is 553. The molecule has 1 atom stereocenters. The van der Waals surface area contributed by atoms with E-state index in [1.54, 1.807) is 0 Å². The molecule has 0 saturated carbocycles. The Kier molecular flexibility index (Phi) is 12.3. The Morgan fingerprint density at radius 3 is 2.27 bits per heavy atom. The van der Waals surface area contributed by atoms with E-state index in [0.717, 1.165) is 32.3 Å². The van der Waals surface area contributed by atoms with Crippen LogP contribution in [-0.2, 0) is 26.5 Å². The molecule has 0 N–H and O–H groups in total. The van der Waals surface area contributed by atoms with E-state index in [1.807, 2.05) is 0 Å². The first kappa shape index (κ1) is 28.4. The predicted molar refractivity (Wildman–Crippen MR) is 99.2 cm³/mol. The van der Waals surface area contributed by atoms with Gasteiger partial charge in [-0.2, -0.15) is 6.08 Å². The topological polar surface area (TPSA) is 9.23 Å². The molecular weight excluding hydrogens is 399 g/mol. The van der Waals surface area contributed by atoms with Crippen LogP contribution in [0.1, 0.15) is 67.2 Å². The van der Waals surface area contributed by atoms with E-state index in [-0.39, 0.29) is 63.0 Å². The van der Waals surface area contributed by atoms with Crippen LogP contribution in [0.5, 0.6) is 0 Å². The molecule has 2 aliphatic carbocycles. The molecule has 0 saturated heterocycles. The summed E-state index contributed by atoms with van der Waals surface area (Å²) in [4.78, 5) is 0. The van der Waals surface area contributed by atoms with Crippen LogP contribution >= 0.6 is 0 Å². The van der Waals surface area contributed by atoms with Crippen molar-refractivity contribution in [1.82, 2.24) is 0 Å². The van der Waals surface area contributed by atoms with Gasteiger partial charge in [-0.3, -0.25) is 6.08 Å². The normalized spacial score (nSPS) is 21.9. The Morgan fingerprint density at radius 1 is 1.12 bits per heavy atom. The minimum Gasteiger partial charge on any atom is -1.00 e. The fourth-order valence-electron chi connectivity index (χ4n) is 3.85. The molecule has 0 spiro atoms. The molecule has 145 valence electrons. The van der Waals surface area contributed by atoms with Crippen LogP contribution in [0.4, 0.5) is 0 Å². The minimum absolute atomic E-state index is 0. The van der Waals surface area contributed by atoms with Gasteiger partial charge < -0.3 is 29.6 Å². The van der Waals surface area contributed by atoms with Crippen molar-refractivity contribution in [3.05, 3.63) is 47.6 Å². The summed E-state index contributed by atoms with van der Waals surface area (Å²) in [5.74, 6) is 0. The van der Waals surface area contributed by atoms with Crippen molar-refractivity contribution in [1.29, 1.82) is 0 Å². The van der Waals surface area contributed by atoms with Crippen LogP contribution in [-0.4, -0.2) is 12.2 Å². The number of unbranched alkanes of at least 4 members (excludes halogenated alkanes) is 1. The van der Waals surface area contributed by atoms with Crippen molar-refractivity contribution in [3.8, 4) is 0 Å². The number of ether oxygens (including phenoxy) is 1. The summed E-state index contributed by atoms with van der Waals surface area (Å²) in [6, 6.07) is 0. The van der Waals surface area contributed by atoms with Crippen molar-refractivity contribution in [2.24, 2.45) is 10.8 Å². The fraction of sp³-hybridized carbons (Fsp3) is 0.636. The van der Waals surface area contributed by atoms with Crippen molar-refractivity contribution in [2.75, 3.05) is 6.61 Å². The maximum Gasteiger partial charge on any atom is 3.00 e. The standard InChI is InChI=1S/C22H33O.2ClH.Ti/c1-7-8-17-23-22(21(5,6)18-13-9-10-14-18)16-12-11-15-19(22)20(2,3)4;;;/h9,11-13,15H,7-8,10,16-17H2,1-6H3;2*1H;/q-1;;;+3/p-2. The van der Waals surface area contributed by atoms with Gasteiger partial charge in [0.2, 0.25) is 0 Å². The van der Waals surface area contributed by atoms with Gasteiger partial charge in [0, 0.05) is 6.61 Å². The number of hydrogen-bond donors (Lipinski definition) is 0. The van der Waals surface area contributed by atoms with E-state index in [9.17, 15) is 0 Å². The van der Waals surface area contributed by atoms with Crippen LogP contribution in [0.25, 0.3) is 0 Å². The van der Waals surface area contributed by atoms with Crippen LogP contribution < -0.4 is 24.8 Å². The third-order valence-electron chi connectivity index (χ3n) is 5.27. The smallest absolute Gasteiger partial charge is 1.00 e. The van der Waals surface area contributed by atoms with Gasteiger partial charge in [0.15, 0.2) is 0 Å². The molecule has 0 bridgehead atoms. The quantitative estimate of drug-likeness (QED) is 0.331. The Hall–Kier alpha value is 0.214. The zero-order valence-corrected chi connectivity index (χ0v) is 20.2. The van der Waals surface area contributed by atoms with Crippen LogP contribution in [0.2, 0.25) is 0 Å². The van der Waals surface area contributed by atoms with E-state index in [1.165, 1.54) is 11.1 Å². The molecule has 2 aliphatic rings. The van der Waals surface area contributed by atoms with E-state index in [0.29, 0.717) is 0 Å². The van der Waals surface area contributed by atoms with Crippen LogP contribution in [0.15, 0.2) is 41.5 Å². The van der Waals surface area contributed by atoms with Gasteiger partial charge in [-0.15, -0.1) is 6.42 Å². The van der Waals surface area contributed by atoms with Crippen molar-refractivity contribution in [3.63, 3.8) is 0 Å². The SMILES string of the molecule is CCCCOC1(C(C)(C)C2=[C-]CC=C2)CC=CC=C1C(C)(C)C.[Cl-].[Cl-].[Ti+3]. The van der Waals surface area contributed by atoms with Gasteiger partial charge in [0.1, 0.15) is 0 Å². The maximum atomic E-state index is 6.71. The molecule has 0 heterocycles. The van der Waals surface area contributed by atoms with E-state index in [2.05, 4.69) is 78.0 Å². The second-order valence-electron chi connectivity index (χ2n) is 8.31. The molecule has 1 unspecified atom stereocenters. The number of hydrogen-bond acceptors (Lipinski definition) is 1. The molecule has 1 nitrogen and oxygen atoms in total. The largest absolute Gasteiger partial charge is 3.00 e.